The summed E-state index contributed by atoms with van der Waals surface area (Å²) in [6.07, 6.45) is 7.74. The third-order valence-electron chi connectivity index (χ3n) is 3.56. The van der Waals surface area contributed by atoms with Crippen LogP contribution in [0.4, 0.5) is 0 Å². The molecular weight excluding hydrogens is 232 g/mol. The minimum atomic E-state index is -1.28. The molecule has 0 spiro atoms. The molecule has 1 aliphatic rings. The molecule has 0 aromatic rings. The summed E-state index contributed by atoms with van der Waals surface area (Å²) in [5.41, 5.74) is 4.88. The fourth-order valence-electron chi connectivity index (χ4n) is 2.43. The quantitative estimate of drug-likeness (QED) is 0.626. The molecule has 0 heterocycles. The van der Waals surface area contributed by atoms with Crippen LogP contribution in [-0.4, -0.2) is 29.6 Å². The maximum atomic E-state index is 11.4. The van der Waals surface area contributed by atoms with Gasteiger partial charge < -0.3 is 16.2 Å². The summed E-state index contributed by atoms with van der Waals surface area (Å²) in [6.45, 7) is -0.0857. The molecule has 0 aromatic heterocycles. The first-order valence-electron chi connectivity index (χ1n) is 6.83. The molecule has 0 saturated heterocycles. The van der Waals surface area contributed by atoms with Crippen molar-refractivity contribution >= 4 is 11.8 Å². The van der Waals surface area contributed by atoms with Gasteiger partial charge in [0.15, 0.2) is 0 Å². The Kier molecular flexibility index (Phi) is 6.72. The lowest BCUT2D eigenvalue weighted by molar-refractivity contribution is -0.127. The fraction of sp³-hybridized carbons (Fsp3) is 0.846. The number of carbonyl (C=O) groups is 2. The van der Waals surface area contributed by atoms with Gasteiger partial charge in [-0.2, -0.15) is 0 Å². The van der Waals surface area contributed by atoms with Crippen LogP contribution in [0.3, 0.4) is 0 Å². The van der Waals surface area contributed by atoms with Crippen molar-refractivity contribution in [1.29, 1.82) is 0 Å². The Hall–Kier alpha value is -1.10. The van der Waals surface area contributed by atoms with Crippen molar-refractivity contribution in [1.82, 2.24) is 5.32 Å². The molecule has 0 aliphatic heterocycles. The fourth-order valence-corrected chi connectivity index (χ4v) is 2.43. The molecule has 2 amide bonds. The van der Waals surface area contributed by atoms with Gasteiger partial charge in [0.05, 0.1) is 6.54 Å². The van der Waals surface area contributed by atoms with Gasteiger partial charge >= 0.3 is 0 Å². The van der Waals surface area contributed by atoms with E-state index in [-0.39, 0.29) is 12.5 Å². The van der Waals surface area contributed by atoms with E-state index in [0.717, 1.165) is 18.8 Å². The monoisotopic (exact) mass is 256 g/mol. The second-order valence-electron chi connectivity index (χ2n) is 5.12. The largest absolute Gasteiger partial charge is 0.381 e. The van der Waals surface area contributed by atoms with Gasteiger partial charge in [-0.15, -0.1) is 0 Å². The molecule has 0 radical (unpaired) electrons. The normalized spacial score (nSPS) is 18.3. The number of amides is 2. The molecule has 0 aromatic carbocycles. The van der Waals surface area contributed by atoms with Gasteiger partial charge in [-0.05, 0) is 18.8 Å². The summed E-state index contributed by atoms with van der Waals surface area (Å²) >= 11 is 0. The van der Waals surface area contributed by atoms with Crippen LogP contribution in [0.5, 0.6) is 0 Å². The number of aliphatic hydroxyl groups excluding tert-OH is 1. The molecule has 1 saturated carbocycles. The maximum Gasteiger partial charge on any atom is 0.248 e. The second kappa shape index (κ2) is 8.08. The highest BCUT2D eigenvalue weighted by Crippen LogP contribution is 2.27. The van der Waals surface area contributed by atoms with E-state index in [0.29, 0.717) is 6.42 Å². The summed E-state index contributed by atoms with van der Waals surface area (Å²) in [5.74, 6) is -0.147. The van der Waals surface area contributed by atoms with Crippen LogP contribution < -0.4 is 11.1 Å². The first-order chi connectivity index (χ1) is 8.59. The summed E-state index contributed by atoms with van der Waals surface area (Å²) in [4.78, 5) is 22.0. The lowest BCUT2D eigenvalue weighted by Gasteiger charge is -2.21. The number of aliphatic hydroxyl groups is 1. The van der Waals surface area contributed by atoms with E-state index in [2.05, 4.69) is 5.32 Å². The van der Waals surface area contributed by atoms with Gasteiger partial charge in [-0.3, -0.25) is 9.59 Å². The van der Waals surface area contributed by atoms with Gasteiger partial charge in [-0.25, -0.2) is 0 Å². The van der Waals surface area contributed by atoms with Gasteiger partial charge in [0, 0.05) is 6.42 Å². The Labute approximate surface area is 108 Å². The predicted molar refractivity (Wildman–Crippen MR) is 68.6 cm³/mol. The van der Waals surface area contributed by atoms with Crippen molar-refractivity contribution in [2.75, 3.05) is 6.54 Å². The number of carbonyl (C=O) groups excluding carboxylic acids is 2. The average molecular weight is 256 g/mol. The van der Waals surface area contributed by atoms with E-state index in [9.17, 15) is 9.59 Å². The maximum absolute atomic E-state index is 11.4. The molecule has 1 fully saturated rings. The van der Waals surface area contributed by atoms with Gasteiger partial charge in [-0.1, -0.05) is 32.1 Å². The van der Waals surface area contributed by atoms with Gasteiger partial charge in [0.2, 0.25) is 11.8 Å². The van der Waals surface area contributed by atoms with Crippen molar-refractivity contribution in [2.24, 2.45) is 11.7 Å². The lowest BCUT2D eigenvalue weighted by atomic mass is 9.86. The van der Waals surface area contributed by atoms with Crippen LogP contribution >= 0.6 is 0 Å². The topological polar surface area (TPSA) is 92.4 Å². The number of rotatable bonds is 7. The van der Waals surface area contributed by atoms with Gasteiger partial charge in [0.1, 0.15) is 6.10 Å². The van der Waals surface area contributed by atoms with Crippen LogP contribution in [0.15, 0.2) is 0 Å². The Balaban J connectivity index is 2.04. The van der Waals surface area contributed by atoms with Crippen molar-refractivity contribution < 1.29 is 14.7 Å². The molecule has 1 rings (SSSR count). The van der Waals surface area contributed by atoms with Crippen LogP contribution in [0.25, 0.3) is 0 Å². The molecular formula is C13H24N2O3. The number of nitrogens with one attached hydrogen (secondary N) is 1. The number of hydrogen-bond donors (Lipinski definition) is 3. The SMILES string of the molecule is NC(=O)C(O)CNC(=O)CCCC1CCCCC1. The summed E-state index contributed by atoms with van der Waals surface area (Å²) < 4.78 is 0. The van der Waals surface area contributed by atoms with Gasteiger partial charge in [0.25, 0.3) is 0 Å². The predicted octanol–water partition coefficient (Wildman–Crippen LogP) is 0.699. The van der Waals surface area contributed by atoms with E-state index >= 15 is 0 Å². The van der Waals surface area contributed by atoms with Crippen molar-refractivity contribution in [3.05, 3.63) is 0 Å². The van der Waals surface area contributed by atoms with E-state index in [4.69, 9.17) is 10.8 Å². The lowest BCUT2D eigenvalue weighted by Crippen LogP contribution is -2.39. The summed E-state index contributed by atoms with van der Waals surface area (Å²) in [7, 11) is 0. The van der Waals surface area contributed by atoms with Crippen molar-refractivity contribution in [3.63, 3.8) is 0 Å². The molecule has 5 heteroatoms. The molecule has 1 unspecified atom stereocenters. The number of nitrogens with two attached hydrogens (primary N) is 1. The zero-order chi connectivity index (χ0) is 13.4. The van der Waals surface area contributed by atoms with Crippen LogP contribution in [-0.2, 0) is 9.59 Å². The number of primary amides is 1. The highest BCUT2D eigenvalue weighted by atomic mass is 16.3. The van der Waals surface area contributed by atoms with Crippen molar-refractivity contribution in [2.45, 2.75) is 57.5 Å². The Morgan fingerprint density at radius 3 is 2.56 bits per heavy atom. The molecule has 1 atom stereocenters. The van der Waals surface area contributed by atoms with Crippen molar-refractivity contribution in [3.8, 4) is 0 Å². The standard InChI is InChI=1S/C13H24N2O3/c14-13(18)11(16)9-15-12(17)8-4-7-10-5-2-1-3-6-10/h10-11,16H,1-9H2,(H2,14,18)(H,15,17). The third-order valence-corrected chi connectivity index (χ3v) is 3.56. The molecule has 1 aliphatic carbocycles. The first kappa shape index (κ1) is 15.0. The third kappa shape index (κ3) is 6.00. The van der Waals surface area contributed by atoms with E-state index < -0.39 is 12.0 Å². The molecule has 4 N–H and O–H groups in total. The summed E-state index contributed by atoms with van der Waals surface area (Å²) in [5, 5.41) is 11.6. The Morgan fingerprint density at radius 1 is 1.28 bits per heavy atom. The van der Waals surface area contributed by atoms with Crippen LogP contribution in [0.1, 0.15) is 51.4 Å². The van der Waals surface area contributed by atoms with E-state index in [1.54, 1.807) is 0 Å². The minimum absolute atomic E-state index is 0.0857. The van der Waals surface area contributed by atoms with E-state index in [1.165, 1.54) is 32.1 Å². The molecule has 18 heavy (non-hydrogen) atoms. The minimum Gasteiger partial charge on any atom is -0.381 e. The smallest absolute Gasteiger partial charge is 0.248 e. The second-order valence-corrected chi connectivity index (χ2v) is 5.12. The molecule has 0 bridgehead atoms. The Bertz CT molecular complexity index is 275. The summed E-state index contributed by atoms with van der Waals surface area (Å²) in [6, 6.07) is 0. The molecule has 5 nitrogen and oxygen atoms in total. The average Bonchev–Trinajstić information content (AvgIpc) is 2.37. The van der Waals surface area contributed by atoms with E-state index in [1.807, 2.05) is 0 Å². The Morgan fingerprint density at radius 2 is 1.94 bits per heavy atom. The zero-order valence-electron chi connectivity index (χ0n) is 10.9. The highest BCUT2D eigenvalue weighted by Gasteiger charge is 2.14. The van der Waals surface area contributed by atoms with Crippen LogP contribution in [0, 0.1) is 5.92 Å². The van der Waals surface area contributed by atoms with Crippen LogP contribution in [0.2, 0.25) is 0 Å². The molecule has 104 valence electrons. The first-order valence-corrected chi connectivity index (χ1v) is 6.83. The highest BCUT2D eigenvalue weighted by molar-refractivity contribution is 5.80. The number of hydrogen-bond acceptors (Lipinski definition) is 3. The zero-order valence-corrected chi connectivity index (χ0v) is 10.9.